The Balaban J connectivity index is 1.86. The van der Waals surface area contributed by atoms with Crippen molar-refractivity contribution in [3.8, 4) is 0 Å². The van der Waals surface area contributed by atoms with Crippen LogP contribution in [0.4, 0.5) is 0 Å². The van der Waals surface area contributed by atoms with Crippen molar-refractivity contribution < 1.29 is 13.2 Å². The minimum atomic E-state index is -3.52. The molecule has 2 rings (SSSR count). The van der Waals surface area contributed by atoms with E-state index < -0.39 is 10.0 Å². The van der Waals surface area contributed by atoms with Crippen LogP contribution in [0.15, 0.2) is 58.4 Å². The molecule has 0 fully saturated rings. The second-order valence-corrected chi connectivity index (χ2v) is 8.92. The molecule has 3 N–H and O–H groups in total. The molecule has 0 radical (unpaired) electrons. The van der Waals surface area contributed by atoms with Crippen molar-refractivity contribution in [2.75, 3.05) is 33.9 Å². The van der Waals surface area contributed by atoms with E-state index in [1.165, 1.54) is 18.2 Å². The van der Waals surface area contributed by atoms with E-state index >= 15 is 0 Å². The largest absolute Gasteiger partial charge is 0.383 e. The molecule has 1 unspecified atom stereocenters. The number of sulfonamides is 1. The molecule has 0 aliphatic carbocycles. The van der Waals surface area contributed by atoms with Crippen molar-refractivity contribution in [2.45, 2.75) is 31.2 Å². The lowest BCUT2D eigenvalue weighted by molar-refractivity contribution is 0.204. The highest BCUT2D eigenvalue weighted by Gasteiger charge is 2.13. The van der Waals surface area contributed by atoms with E-state index in [1.54, 1.807) is 31.3 Å². The standard InChI is InChI=1S/C22H32N4O3S/c1-17-6-5-7-20(14-17)18(2)15-24-22(23-3)25-16-19-8-10-21(11-9-19)30(27,28)26-12-13-29-4/h5-11,14,18,26H,12-13,15-16H2,1-4H3,(H2,23,24,25). The van der Waals surface area contributed by atoms with Crippen LogP contribution >= 0.6 is 0 Å². The van der Waals surface area contributed by atoms with Crippen molar-refractivity contribution in [2.24, 2.45) is 4.99 Å². The second-order valence-electron chi connectivity index (χ2n) is 7.16. The van der Waals surface area contributed by atoms with E-state index in [-0.39, 0.29) is 11.4 Å². The number of ether oxygens (including phenoxy) is 1. The predicted molar refractivity (Wildman–Crippen MR) is 121 cm³/mol. The maximum atomic E-state index is 12.2. The van der Waals surface area contributed by atoms with Gasteiger partial charge in [0.1, 0.15) is 0 Å². The molecule has 0 saturated carbocycles. The maximum Gasteiger partial charge on any atom is 0.240 e. The van der Waals surface area contributed by atoms with Crippen molar-refractivity contribution in [1.82, 2.24) is 15.4 Å². The molecule has 164 valence electrons. The monoisotopic (exact) mass is 432 g/mol. The Morgan fingerprint density at radius 3 is 2.50 bits per heavy atom. The van der Waals surface area contributed by atoms with Gasteiger partial charge < -0.3 is 15.4 Å². The Morgan fingerprint density at radius 2 is 1.87 bits per heavy atom. The summed E-state index contributed by atoms with van der Waals surface area (Å²) in [6.07, 6.45) is 0. The van der Waals surface area contributed by atoms with E-state index in [1.807, 2.05) is 0 Å². The number of aliphatic imine (C=N–C) groups is 1. The van der Waals surface area contributed by atoms with Crippen molar-refractivity contribution in [3.63, 3.8) is 0 Å². The summed E-state index contributed by atoms with van der Waals surface area (Å²) < 4.78 is 31.8. The third-order valence-corrected chi connectivity index (χ3v) is 6.18. The van der Waals surface area contributed by atoms with E-state index in [0.717, 1.165) is 12.1 Å². The van der Waals surface area contributed by atoms with Gasteiger partial charge in [-0.25, -0.2) is 13.1 Å². The minimum Gasteiger partial charge on any atom is -0.383 e. The lowest BCUT2D eigenvalue weighted by Gasteiger charge is -2.17. The Labute approximate surface area is 180 Å². The molecule has 8 heteroatoms. The zero-order valence-corrected chi connectivity index (χ0v) is 18.9. The van der Waals surface area contributed by atoms with Gasteiger partial charge in [0.15, 0.2) is 5.96 Å². The fourth-order valence-electron chi connectivity index (χ4n) is 2.90. The zero-order valence-electron chi connectivity index (χ0n) is 18.1. The molecule has 0 amide bonds. The molecule has 0 heterocycles. The molecule has 0 aliphatic rings. The number of hydrogen-bond acceptors (Lipinski definition) is 4. The highest BCUT2D eigenvalue weighted by Crippen LogP contribution is 2.15. The van der Waals surface area contributed by atoms with E-state index in [4.69, 9.17) is 4.74 Å². The van der Waals surface area contributed by atoms with Crippen molar-refractivity contribution in [3.05, 3.63) is 65.2 Å². The van der Waals surface area contributed by atoms with Crippen LogP contribution in [0.2, 0.25) is 0 Å². The number of guanidine groups is 1. The lowest BCUT2D eigenvalue weighted by atomic mass is 9.99. The Bertz CT molecular complexity index is 928. The SMILES string of the molecule is CN=C(NCc1ccc(S(=O)(=O)NCCOC)cc1)NCC(C)c1cccc(C)c1. The first-order valence-corrected chi connectivity index (χ1v) is 11.4. The van der Waals surface area contributed by atoms with E-state index in [0.29, 0.717) is 25.0 Å². The highest BCUT2D eigenvalue weighted by molar-refractivity contribution is 7.89. The fraction of sp³-hybridized carbons (Fsp3) is 0.409. The molecule has 7 nitrogen and oxygen atoms in total. The topological polar surface area (TPSA) is 91.8 Å². The van der Waals surface area contributed by atoms with Gasteiger partial charge in [0.25, 0.3) is 0 Å². The van der Waals surface area contributed by atoms with Crippen LogP contribution in [0.1, 0.15) is 29.5 Å². The van der Waals surface area contributed by atoms with Gasteiger partial charge in [0, 0.05) is 33.8 Å². The maximum absolute atomic E-state index is 12.2. The quantitative estimate of drug-likeness (QED) is 0.305. The summed E-state index contributed by atoms with van der Waals surface area (Å²) in [5.41, 5.74) is 3.50. The number of rotatable bonds is 10. The summed E-state index contributed by atoms with van der Waals surface area (Å²) in [7, 11) is -0.259. The molecular weight excluding hydrogens is 400 g/mol. The highest BCUT2D eigenvalue weighted by atomic mass is 32.2. The van der Waals surface area contributed by atoms with Gasteiger partial charge in [-0.15, -0.1) is 0 Å². The Morgan fingerprint density at radius 1 is 1.13 bits per heavy atom. The molecule has 0 bridgehead atoms. The molecular formula is C22H32N4O3S. The number of nitrogens with zero attached hydrogens (tertiary/aromatic N) is 1. The summed E-state index contributed by atoms with van der Waals surface area (Å²) in [5.74, 6) is 1.05. The van der Waals surface area contributed by atoms with Gasteiger partial charge >= 0.3 is 0 Å². The first kappa shape index (κ1) is 23.9. The summed E-state index contributed by atoms with van der Waals surface area (Å²) >= 11 is 0. The number of nitrogens with one attached hydrogen (secondary N) is 3. The van der Waals surface area contributed by atoms with Crippen LogP contribution < -0.4 is 15.4 Å². The van der Waals surface area contributed by atoms with Gasteiger partial charge in [-0.05, 0) is 36.1 Å². The van der Waals surface area contributed by atoms with E-state index in [9.17, 15) is 8.42 Å². The first-order chi connectivity index (χ1) is 14.4. The third-order valence-electron chi connectivity index (χ3n) is 4.70. The molecule has 2 aromatic rings. The van der Waals surface area contributed by atoms with Crippen LogP contribution in [0.5, 0.6) is 0 Å². The third kappa shape index (κ3) is 7.44. The van der Waals surface area contributed by atoms with Crippen LogP contribution in [0, 0.1) is 6.92 Å². The molecule has 1 atom stereocenters. The van der Waals surface area contributed by atoms with Gasteiger partial charge in [-0.3, -0.25) is 4.99 Å². The van der Waals surface area contributed by atoms with Gasteiger partial charge in [0.2, 0.25) is 10.0 Å². The van der Waals surface area contributed by atoms with Crippen LogP contribution in [0.3, 0.4) is 0 Å². The summed E-state index contributed by atoms with van der Waals surface area (Å²) in [6, 6.07) is 15.3. The second kappa shape index (κ2) is 11.7. The molecule has 30 heavy (non-hydrogen) atoms. The Hall–Kier alpha value is -2.42. The van der Waals surface area contributed by atoms with Crippen LogP contribution in [-0.2, 0) is 21.3 Å². The average Bonchev–Trinajstić information content (AvgIpc) is 2.74. The first-order valence-electron chi connectivity index (χ1n) is 9.94. The zero-order chi connectivity index (χ0) is 22.0. The van der Waals surface area contributed by atoms with E-state index in [2.05, 4.69) is 58.5 Å². The normalized spacial score (nSPS) is 13.1. The fourth-order valence-corrected chi connectivity index (χ4v) is 3.91. The van der Waals surface area contributed by atoms with Crippen molar-refractivity contribution >= 4 is 16.0 Å². The summed E-state index contributed by atoms with van der Waals surface area (Å²) in [6.45, 7) is 6.13. The molecule has 0 spiro atoms. The van der Waals surface area contributed by atoms with Gasteiger partial charge in [0.05, 0.1) is 11.5 Å². The molecule has 0 aromatic heterocycles. The molecule has 0 saturated heterocycles. The summed E-state index contributed by atoms with van der Waals surface area (Å²) in [5, 5.41) is 6.60. The number of methoxy groups -OCH3 is 1. The Kier molecular flexibility index (Phi) is 9.29. The smallest absolute Gasteiger partial charge is 0.240 e. The summed E-state index contributed by atoms with van der Waals surface area (Å²) in [4.78, 5) is 4.49. The van der Waals surface area contributed by atoms with Crippen LogP contribution in [-0.4, -0.2) is 48.2 Å². The lowest BCUT2D eigenvalue weighted by Crippen LogP contribution is -2.38. The predicted octanol–water partition coefficient (Wildman–Crippen LogP) is 2.39. The number of hydrogen-bond donors (Lipinski definition) is 3. The van der Waals surface area contributed by atoms with Gasteiger partial charge in [-0.2, -0.15) is 0 Å². The number of benzene rings is 2. The van der Waals surface area contributed by atoms with Crippen molar-refractivity contribution in [1.29, 1.82) is 0 Å². The minimum absolute atomic E-state index is 0.233. The van der Waals surface area contributed by atoms with Crippen LogP contribution in [0.25, 0.3) is 0 Å². The number of aryl methyl sites for hydroxylation is 1. The molecule has 2 aromatic carbocycles. The van der Waals surface area contributed by atoms with Gasteiger partial charge in [-0.1, -0.05) is 48.9 Å². The average molecular weight is 433 g/mol. The molecule has 0 aliphatic heterocycles.